The molecule has 0 aliphatic carbocycles. The lowest BCUT2D eigenvalue weighted by Gasteiger charge is -2.01. The number of aromatic nitrogens is 2. The molecule has 4 heteroatoms. The van der Waals surface area contributed by atoms with Gasteiger partial charge in [0.15, 0.2) is 5.82 Å². The first kappa shape index (κ1) is 9.19. The largest absolute Gasteiger partial charge is 0.333 e. The molecule has 0 saturated heterocycles. The molecule has 66 valence electrons. The third-order valence-electron chi connectivity index (χ3n) is 1.45. The van der Waals surface area contributed by atoms with Crippen LogP contribution in [0.4, 0.5) is 5.82 Å². The summed E-state index contributed by atoms with van der Waals surface area (Å²) in [5, 5.41) is 9.91. The van der Waals surface area contributed by atoms with Gasteiger partial charge in [0.05, 0.1) is 4.99 Å². The zero-order valence-electron chi connectivity index (χ0n) is 7.35. The molecule has 0 bridgehead atoms. The molecule has 0 radical (unpaired) electrons. The number of nitrogens with one attached hydrogen (secondary N) is 2. The van der Waals surface area contributed by atoms with Gasteiger partial charge in [-0.3, -0.25) is 5.10 Å². The molecule has 0 aliphatic heterocycles. The summed E-state index contributed by atoms with van der Waals surface area (Å²) in [6.45, 7) is 4.06. The molecule has 1 aromatic heterocycles. The van der Waals surface area contributed by atoms with Gasteiger partial charge in [0.1, 0.15) is 0 Å². The summed E-state index contributed by atoms with van der Waals surface area (Å²) >= 11 is 5.08. The predicted molar refractivity (Wildman–Crippen MR) is 54.5 cm³/mol. The number of aryl methyl sites for hydroxylation is 1. The van der Waals surface area contributed by atoms with E-state index >= 15 is 0 Å². The van der Waals surface area contributed by atoms with E-state index in [4.69, 9.17) is 12.2 Å². The predicted octanol–water partition coefficient (Wildman–Crippen LogP) is 2.26. The molecule has 0 spiro atoms. The number of hydrogen-bond donors (Lipinski definition) is 2. The van der Waals surface area contributed by atoms with Crippen molar-refractivity contribution < 1.29 is 0 Å². The Kier molecular flexibility index (Phi) is 3.22. The van der Waals surface area contributed by atoms with Crippen molar-refractivity contribution in [2.24, 2.45) is 0 Å². The van der Waals surface area contributed by atoms with Crippen molar-refractivity contribution in [2.75, 3.05) is 5.32 Å². The Balaban J connectivity index is 2.46. The maximum atomic E-state index is 5.08. The van der Waals surface area contributed by atoms with Gasteiger partial charge in [0.25, 0.3) is 0 Å². The highest BCUT2D eigenvalue weighted by atomic mass is 32.1. The molecule has 0 aliphatic rings. The minimum atomic E-state index is 0.811. The van der Waals surface area contributed by atoms with Crippen LogP contribution < -0.4 is 5.32 Å². The van der Waals surface area contributed by atoms with Crippen molar-refractivity contribution in [2.45, 2.75) is 26.7 Å². The molecule has 1 aromatic rings. The summed E-state index contributed by atoms with van der Waals surface area (Å²) in [6.07, 6.45) is 1.98. The van der Waals surface area contributed by atoms with Crippen molar-refractivity contribution in [1.29, 1.82) is 0 Å². The van der Waals surface area contributed by atoms with Crippen LogP contribution in [0.5, 0.6) is 0 Å². The molecule has 0 unspecified atom stereocenters. The Morgan fingerprint density at radius 3 is 3.00 bits per heavy atom. The average Bonchev–Trinajstić information content (AvgIpc) is 2.36. The van der Waals surface area contributed by atoms with Crippen LogP contribution in [-0.4, -0.2) is 15.2 Å². The van der Waals surface area contributed by atoms with E-state index in [1.54, 1.807) is 0 Å². The molecule has 1 rings (SSSR count). The molecule has 0 fully saturated rings. The van der Waals surface area contributed by atoms with E-state index in [2.05, 4.69) is 22.4 Å². The molecule has 0 amide bonds. The van der Waals surface area contributed by atoms with Gasteiger partial charge in [-0.2, -0.15) is 5.10 Å². The van der Waals surface area contributed by atoms with Crippen LogP contribution >= 0.6 is 12.2 Å². The second-order valence-corrected chi connectivity index (χ2v) is 3.23. The van der Waals surface area contributed by atoms with Gasteiger partial charge in [-0.15, -0.1) is 0 Å². The first-order chi connectivity index (χ1) is 5.72. The van der Waals surface area contributed by atoms with Gasteiger partial charge < -0.3 is 5.32 Å². The fourth-order valence-corrected chi connectivity index (χ4v) is 1.22. The summed E-state index contributed by atoms with van der Waals surface area (Å²) < 4.78 is 0. The lowest BCUT2D eigenvalue weighted by Crippen LogP contribution is -2.08. The van der Waals surface area contributed by atoms with Crippen LogP contribution in [0, 0.1) is 6.92 Å². The third-order valence-corrected chi connectivity index (χ3v) is 1.76. The van der Waals surface area contributed by atoms with Gasteiger partial charge in [0.2, 0.25) is 0 Å². The smallest absolute Gasteiger partial charge is 0.152 e. The standard InChI is InChI=1S/C8H13N3S/c1-3-4-8(12)9-7-5-6(2)10-11-7/h5H,3-4H2,1-2H3,(H2,9,10,11,12). The molecular formula is C8H13N3S. The van der Waals surface area contributed by atoms with E-state index in [9.17, 15) is 0 Å². The Hall–Kier alpha value is -0.900. The Bertz CT molecular complexity index is 267. The molecule has 0 saturated carbocycles. The van der Waals surface area contributed by atoms with Crippen LogP contribution in [-0.2, 0) is 0 Å². The van der Waals surface area contributed by atoms with E-state index in [1.807, 2.05) is 13.0 Å². The van der Waals surface area contributed by atoms with Crippen molar-refractivity contribution in [3.8, 4) is 0 Å². The number of hydrogen-bond acceptors (Lipinski definition) is 2. The average molecular weight is 183 g/mol. The number of H-pyrrole nitrogens is 1. The highest BCUT2D eigenvalue weighted by Crippen LogP contribution is 2.05. The quantitative estimate of drug-likeness (QED) is 0.706. The lowest BCUT2D eigenvalue weighted by atomic mass is 10.3. The van der Waals surface area contributed by atoms with E-state index in [-0.39, 0.29) is 0 Å². The normalized spacial score (nSPS) is 9.83. The monoisotopic (exact) mass is 183 g/mol. The summed E-state index contributed by atoms with van der Waals surface area (Å²) in [4.78, 5) is 0.851. The van der Waals surface area contributed by atoms with Crippen LogP contribution in [0.15, 0.2) is 6.07 Å². The third kappa shape index (κ3) is 2.62. The van der Waals surface area contributed by atoms with Crippen molar-refractivity contribution in [3.63, 3.8) is 0 Å². The Morgan fingerprint density at radius 1 is 1.75 bits per heavy atom. The maximum Gasteiger partial charge on any atom is 0.152 e. The van der Waals surface area contributed by atoms with Crippen LogP contribution in [0.25, 0.3) is 0 Å². The summed E-state index contributed by atoms with van der Waals surface area (Å²) in [5.41, 5.74) is 1.04. The fourth-order valence-electron chi connectivity index (χ4n) is 0.914. The van der Waals surface area contributed by atoms with Crippen molar-refractivity contribution in [1.82, 2.24) is 10.2 Å². The number of anilines is 1. The highest BCUT2D eigenvalue weighted by Gasteiger charge is 1.98. The van der Waals surface area contributed by atoms with Gasteiger partial charge in [-0.1, -0.05) is 19.1 Å². The Labute approximate surface area is 77.6 Å². The zero-order valence-corrected chi connectivity index (χ0v) is 8.16. The minimum Gasteiger partial charge on any atom is -0.333 e. The van der Waals surface area contributed by atoms with E-state index < -0.39 is 0 Å². The van der Waals surface area contributed by atoms with Crippen molar-refractivity contribution in [3.05, 3.63) is 11.8 Å². The number of thiocarbonyl (C=S) groups is 1. The SMILES string of the molecule is CCCC(=S)Nc1cc(C)[nH]n1. The fraction of sp³-hybridized carbons (Fsp3) is 0.500. The zero-order chi connectivity index (χ0) is 8.97. The van der Waals surface area contributed by atoms with Gasteiger partial charge in [0, 0.05) is 11.8 Å². The lowest BCUT2D eigenvalue weighted by molar-refractivity contribution is 0.999. The highest BCUT2D eigenvalue weighted by molar-refractivity contribution is 7.80. The van der Waals surface area contributed by atoms with Gasteiger partial charge in [-0.05, 0) is 19.8 Å². The van der Waals surface area contributed by atoms with E-state index in [0.29, 0.717) is 0 Å². The minimum absolute atomic E-state index is 0.811. The molecule has 12 heavy (non-hydrogen) atoms. The van der Waals surface area contributed by atoms with E-state index in [1.165, 1.54) is 0 Å². The second kappa shape index (κ2) is 4.21. The molecule has 0 aromatic carbocycles. The van der Waals surface area contributed by atoms with Gasteiger partial charge >= 0.3 is 0 Å². The summed E-state index contributed by atoms with van der Waals surface area (Å²) in [6, 6.07) is 1.93. The maximum absolute atomic E-state index is 5.08. The molecule has 1 heterocycles. The number of nitrogens with zero attached hydrogens (tertiary/aromatic N) is 1. The molecule has 0 atom stereocenters. The second-order valence-electron chi connectivity index (χ2n) is 2.73. The van der Waals surface area contributed by atoms with Crippen LogP contribution in [0.1, 0.15) is 25.5 Å². The van der Waals surface area contributed by atoms with E-state index in [0.717, 1.165) is 29.3 Å². The topological polar surface area (TPSA) is 40.7 Å². The van der Waals surface area contributed by atoms with Crippen LogP contribution in [0.2, 0.25) is 0 Å². The number of rotatable bonds is 3. The Morgan fingerprint density at radius 2 is 2.50 bits per heavy atom. The molecular weight excluding hydrogens is 170 g/mol. The van der Waals surface area contributed by atoms with Crippen LogP contribution in [0.3, 0.4) is 0 Å². The summed E-state index contributed by atoms with van der Waals surface area (Å²) in [7, 11) is 0. The van der Waals surface area contributed by atoms with Gasteiger partial charge in [-0.25, -0.2) is 0 Å². The molecule has 3 nitrogen and oxygen atoms in total. The first-order valence-corrected chi connectivity index (χ1v) is 4.45. The van der Waals surface area contributed by atoms with Crippen molar-refractivity contribution >= 4 is 23.0 Å². The summed E-state index contributed by atoms with van der Waals surface area (Å²) in [5.74, 6) is 0.811. The first-order valence-electron chi connectivity index (χ1n) is 4.04. The molecule has 2 N–H and O–H groups in total. The number of aromatic amines is 1.